The molecule has 6 rings (SSSR count). The largest absolute Gasteiger partial charge is 0.392 e. The van der Waals surface area contributed by atoms with Crippen LogP contribution in [0.25, 0.3) is 11.1 Å². The van der Waals surface area contributed by atoms with E-state index in [0.717, 1.165) is 60.3 Å². The zero-order valence-corrected chi connectivity index (χ0v) is 26.9. The fraction of sp³-hybridized carbons (Fsp3) is 0.342. The fourth-order valence-electron chi connectivity index (χ4n) is 6.53. The van der Waals surface area contributed by atoms with Crippen LogP contribution in [0.2, 0.25) is 0 Å². The molecule has 2 N–H and O–H groups in total. The Balaban J connectivity index is 1.22. The van der Waals surface area contributed by atoms with Gasteiger partial charge in [0, 0.05) is 24.6 Å². The topological polar surface area (TPSA) is 71.0 Å². The summed E-state index contributed by atoms with van der Waals surface area (Å²) in [6.45, 7) is 4.71. The van der Waals surface area contributed by atoms with Gasteiger partial charge in [0.1, 0.15) is 5.56 Å². The minimum atomic E-state index is -2.33. The highest BCUT2D eigenvalue weighted by Crippen LogP contribution is 2.42. The number of hydrogen-bond acceptors (Lipinski definition) is 5. The van der Waals surface area contributed by atoms with E-state index in [4.69, 9.17) is 9.47 Å². The molecule has 11 heteroatoms. The van der Waals surface area contributed by atoms with Gasteiger partial charge in [0.25, 0.3) is 5.91 Å². The van der Waals surface area contributed by atoms with Gasteiger partial charge in [-0.2, -0.15) is 0 Å². The zero-order chi connectivity index (χ0) is 34.7. The maximum absolute atomic E-state index is 14.2. The van der Waals surface area contributed by atoms with Crippen LogP contribution in [-0.4, -0.2) is 41.7 Å². The normalized spacial score (nSPS) is 21.4. The molecule has 2 heterocycles. The lowest BCUT2D eigenvalue weighted by molar-refractivity contribution is -0.276. The van der Waals surface area contributed by atoms with E-state index < -0.39 is 46.8 Å². The third-order valence-electron chi connectivity index (χ3n) is 9.32. The summed E-state index contributed by atoms with van der Waals surface area (Å²) >= 11 is 0. The number of benzene rings is 4. The van der Waals surface area contributed by atoms with Gasteiger partial charge in [-0.05, 0) is 65.9 Å². The molecule has 0 saturated carbocycles. The zero-order valence-electron chi connectivity index (χ0n) is 26.9. The maximum atomic E-state index is 14.2. The van der Waals surface area contributed by atoms with E-state index >= 15 is 0 Å². The van der Waals surface area contributed by atoms with E-state index in [2.05, 4.69) is 17.1 Å². The van der Waals surface area contributed by atoms with Crippen LogP contribution >= 0.6 is 0 Å². The molecule has 1 amide bonds. The molecule has 0 bridgehead atoms. The first-order valence-electron chi connectivity index (χ1n) is 16.4. The van der Waals surface area contributed by atoms with Crippen molar-refractivity contribution < 1.29 is 41.3 Å². The number of rotatable bonds is 9. The maximum Gasteiger partial charge on any atom is 0.257 e. The van der Waals surface area contributed by atoms with Crippen LogP contribution in [0.4, 0.5) is 22.0 Å². The van der Waals surface area contributed by atoms with Gasteiger partial charge in [-0.3, -0.25) is 4.79 Å². The summed E-state index contributed by atoms with van der Waals surface area (Å²) < 4.78 is 82.3. The van der Waals surface area contributed by atoms with Crippen molar-refractivity contribution in [3.8, 4) is 11.1 Å². The number of aliphatic hydroxyl groups excluding tert-OH is 1. The first-order chi connectivity index (χ1) is 23.6. The summed E-state index contributed by atoms with van der Waals surface area (Å²) in [4.78, 5) is 14.9. The average Bonchev–Trinajstić information content (AvgIpc) is 3.14. The van der Waals surface area contributed by atoms with Gasteiger partial charge in [-0.1, -0.05) is 74.0 Å². The van der Waals surface area contributed by atoms with Crippen molar-refractivity contribution in [3.05, 3.63) is 130 Å². The highest BCUT2D eigenvalue weighted by atomic mass is 19.2. The molecule has 0 aliphatic carbocycles. The van der Waals surface area contributed by atoms with Crippen molar-refractivity contribution in [2.45, 2.75) is 57.8 Å². The number of hydrogen-bond donors (Lipinski definition) is 2. The predicted octanol–water partition coefficient (Wildman–Crippen LogP) is 7.75. The molecular weight excluding hydrogens is 643 g/mol. The first kappa shape index (κ1) is 34.7. The van der Waals surface area contributed by atoms with Gasteiger partial charge in [0.2, 0.25) is 5.82 Å². The summed E-state index contributed by atoms with van der Waals surface area (Å²) in [6, 6.07) is 22.4. The summed E-state index contributed by atoms with van der Waals surface area (Å²) in [5.41, 5.74) is 3.18. The van der Waals surface area contributed by atoms with Crippen molar-refractivity contribution in [1.82, 2.24) is 10.2 Å². The molecule has 2 fully saturated rings. The Kier molecular flexibility index (Phi) is 10.7. The van der Waals surface area contributed by atoms with Gasteiger partial charge in [0.15, 0.2) is 29.6 Å². The van der Waals surface area contributed by atoms with E-state index in [1.54, 1.807) is 18.2 Å². The van der Waals surface area contributed by atoms with E-state index in [9.17, 15) is 31.9 Å². The van der Waals surface area contributed by atoms with Crippen molar-refractivity contribution in [3.63, 3.8) is 0 Å². The Hall–Kier alpha value is -4.16. The second-order valence-electron chi connectivity index (χ2n) is 12.6. The number of aliphatic hydroxyl groups is 1. The van der Waals surface area contributed by atoms with Crippen LogP contribution in [-0.2, 0) is 22.6 Å². The van der Waals surface area contributed by atoms with Crippen LogP contribution in [0.5, 0.6) is 0 Å². The van der Waals surface area contributed by atoms with E-state index in [1.807, 2.05) is 54.6 Å². The quantitative estimate of drug-likeness (QED) is 0.108. The number of carbonyl (C=O) groups is 1. The Morgan fingerprint density at radius 1 is 0.776 bits per heavy atom. The Morgan fingerprint density at radius 3 is 2.08 bits per heavy atom. The van der Waals surface area contributed by atoms with Crippen molar-refractivity contribution >= 4 is 5.91 Å². The molecule has 2 aliphatic heterocycles. The minimum absolute atomic E-state index is 0.0453. The fourth-order valence-corrected chi connectivity index (χ4v) is 6.53. The highest BCUT2D eigenvalue weighted by molar-refractivity contribution is 5.94. The molecule has 4 atom stereocenters. The number of nitrogens with zero attached hydrogens (tertiary/aromatic N) is 1. The molecular formula is C38H37F5N2O4. The number of amides is 1. The monoisotopic (exact) mass is 680 g/mol. The van der Waals surface area contributed by atoms with Crippen molar-refractivity contribution in [1.29, 1.82) is 0 Å². The van der Waals surface area contributed by atoms with Gasteiger partial charge in [-0.15, -0.1) is 0 Å². The average molecular weight is 681 g/mol. The molecule has 4 aromatic rings. The van der Waals surface area contributed by atoms with Gasteiger partial charge in [-0.25, -0.2) is 22.0 Å². The first-order valence-corrected chi connectivity index (χ1v) is 16.4. The smallest absolute Gasteiger partial charge is 0.257 e. The van der Waals surface area contributed by atoms with Gasteiger partial charge < -0.3 is 24.8 Å². The van der Waals surface area contributed by atoms with Gasteiger partial charge >= 0.3 is 0 Å². The number of likely N-dealkylation sites (tertiary alicyclic amines) is 1. The summed E-state index contributed by atoms with van der Waals surface area (Å²) in [7, 11) is 0. The molecule has 2 aliphatic rings. The second kappa shape index (κ2) is 15.2. The van der Waals surface area contributed by atoms with Gasteiger partial charge in [0.05, 0.1) is 18.8 Å². The number of carbonyl (C=O) groups excluding carboxylic acids is 1. The molecule has 2 saturated heterocycles. The SMILES string of the molecule is CC1C(CN2CCCCC2)OC(c2cccc(-c3cccc(CNC(=O)c4c(F)c(F)c(F)c(F)c4F)c3)c2)OC1c1ccc(CO)cc1. The number of piperidine rings is 1. The standard InChI is InChI=1S/C38H37F5N2O4/c1-22-29(20-45-15-3-2-4-16-45)48-38(49-36(22)25-13-11-23(21-46)12-14-25)28-10-6-9-27(18-28)26-8-5-7-24(17-26)19-44-37(47)30-31(39)33(41)35(43)34(42)32(30)40/h5-14,17-18,22,29,36,38,46H,2-4,15-16,19-21H2,1H3,(H,44,47). The molecule has 4 aromatic carbocycles. The second-order valence-corrected chi connectivity index (χ2v) is 12.6. The van der Waals surface area contributed by atoms with E-state index in [1.165, 1.54) is 6.42 Å². The van der Waals surface area contributed by atoms with Crippen molar-refractivity contribution in [2.75, 3.05) is 19.6 Å². The van der Waals surface area contributed by atoms with Crippen LogP contribution < -0.4 is 5.32 Å². The molecule has 258 valence electrons. The minimum Gasteiger partial charge on any atom is -0.392 e. The van der Waals surface area contributed by atoms with Crippen LogP contribution in [0, 0.1) is 35.0 Å². The lowest BCUT2D eigenvalue weighted by Gasteiger charge is -2.43. The van der Waals surface area contributed by atoms with Crippen LogP contribution in [0.3, 0.4) is 0 Å². The summed E-state index contributed by atoms with van der Waals surface area (Å²) in [6.07, 6.45) is 2.53. The highest BCUT2D eigenvalue weighted by Gasteiger charge is 2.39. The van der Waals surface area contributed by atoms with E-state index in [0.29, 0.717) is 5.56 Å². The Morgan fingerprint density at radius 2 is 1.41 bits per heavy atom. The lowest BCUT2D eigenvalue weighted by atomic mass is 9.89. The van der Waals surface area contributed by atoms with Crippen LogP contribution in [0.1, 0.15) is 71.2 Å². The number of nitrogens with one attached hydrogen (secondary N) is 1. The summed E-state index contributed by atoms with van der Waals surface area (Å²) in [5.74, 6) is -12.5. The third-order valence-corrected chi connectivity index (χ3v) is 9.32. The third kappa shape index (κ3) is 7.55. The van der Waals surface area contributed by atoms with E-state index in [-0.39, 0.29) is 31.3 Å². The number of halogens is 5. The molecule has 49 heavy (non-hydrogen) atoms. The molecule has 0 aromatic heterocycles. The number of ether oxygens (including phenoxy) is 2. The molecule has 4 unspecified atom stereocenters. The summed E-state index contributed by atoms with van der Waals surface area (Å²) in [5, 5.41) is 11.8. The molecule has 0 spiro atoms. The Labute approximate surface area is 281 Å². The molecule has 0 radical (unpaired) electrons. The van der Waals surface area contributed by atoms with Crippen LogP contribution in [0.15, 0.2) is 72.8 Å². The predicted molar refractivity (Wildman–Crippen MR) is 173 cm³/mol. The van der Waals surface area contributed by atoms with Crippen molar-refractivity contribution in [2.24, 2.45) is 5.92 Å². The Bertz CT molecular complexity index is 1770. The molecule has 6 nitrogen and oxygen atoms in total. The lowest BCUT2D eigenvalue weighted by Crippen LogP contribution is -2.45.